The summed E-state index contributed by atoms with van der Waals surface area (Å²) in [5, 5.41) is 11.4. The van der Waals surface area contributed by atoms with Crippen LogP contribution in [0.25, 0.3) is 11.0 Å². The number of fused-ring (bicyclic) bond motifs is 3. The number of rotatable bonds is 4. The third-order valence-electron chi connectivity index (χ3n) is 4.63. The Morgan fingerprint density at radius 3 is 2.72 bits per heavy atom. The van der Waals surface area contributed by atoms with E-state index in [2.05, 4.69) is 4.99 Å². The minimum Gasteiger partial charge on any atom is -0.507 e. The maximum atomic E-state index is 10.4. The lowest BCUT2D eigenvalue weighted by Crippen LogP contribution is -1.99. The van der Waals surface area contributed by atoms with Crippen molar-refractivity contribution in [2.24, 2.45) is 4.99 Å². The first-order valence-electron chi connectivity index (χ1n) is 8.79. The molecule has 3 aromatic rings. The third kappa shape index (κ3) is 3.00. The highest BCUT2D eigenvalue weighted by Gasteiger charge is 2.21. The van der Waals surface area contributed by atoms with Gasteiger partial charge in [0, 0.05) is 29.1 Å². The van der Waals surface area contributed by atoms with E-state index in [0.29, 0.717) is 6.61 Å². The molecular formula is C21H21NO3. The number of aromatic hydroxyl groups is 1. The van der Waals surface area contributed by atoms with Crippen LogP contribution in [0.15, 0.2) is 45.8 Å². The van der Waals surface area contributed by atoms with Crippen LogP contribution in [0.2, 0.25) is 0 Å². The van der Waals surface area contributed by atoms with E-state index in [-0.39, 0.29) is 5.75 Å². The van der Waals surface area contributed by atoms with Gasteiger partial charge < -0.3 is 14.3 Å². The summed E-state index contributed by atoms with van der Waals surface area (Å²) in [5.41, 5.74) is 3.61. The summed E-state index contributed by atoms with van der Waals surface area (Å²) in [4.78, 5) is 4.53. The number of phenols is 1. The molecule has 1 aromatic heterocycles. The summed E-state index contributed by atoms with van der Waals surface area (Å²) in [7, 11) is 0. The molecule has 0 amide bonds. The van der Waals surface area contributed by atoms with E-state index < -0.39 is 0 Å². The zero-order valence-electron chi connectivity index (χ0n) is 14.3. The molecule has 1 heterocycles. The van der Waals surface area contributed by atoms with Gasteiger partial charge in [0.1, 0.15) is 22.8 Å². The van der Waals surface area contributed by atoms with Gasteiger partial charge in [-0.2, -0.15) is 0 Å². The number of aliphatic imine (C=N–C) groups is 1. The van der Waals surface area contributed by atoms with Gasteiger partial charge in [-0.25, -0.2) is 0 Å². The molecule has 4 heteroatoms. The Labute approximate surface area is 146 Å². The van der Waals surface area contributed by atoms with Crippen molar-refractivity contribution in [2.45, 2.75) is 32.6 Å². The average Bonchev–Trinajstić information content (AvgIpc) is 3.01. The van der Waals surface area contributed by atoms with Gasteiger partial charge in [0.2, 0.25) is 0 Å². The molecule has 1 N–H and O–H groups in total. The van der Waals surface area contributed by atoms with Crippen molar-refractivity contribution in [2.75, 3.05) is 6.61 Å². The van der Waals surface area contributed by atoms with E-state index in [4.69, 9.17) is 9.15 Å². The summed E-state index contributed by atoms with van der Waals surface area (Å²) >= 11 is 0. The molecule has 0 fully saturated rings. The molecular weight excluding hydrogens is 314 g/mol. The Bertz CT molecular complexity index is 922. The number of phenolic OH excluding ortho intramolecular Hbond substituents is 1. The van der Waals surface area contributed by atoms with E-state index >= 15 is 0 Å². The number of hydrogen-bond acceptors (Lipinski definition) is 4. The zero-order valence-corrected chi connectivity index (χ0v) is 14.3. The maximum absolute atomic E-state index is 10.4. The highest BCUT2D eigenvalue weighted by atomic mass is 16.5. The Balaban J connectivity index is 1.73. The van der Waals surface area contributed by atoms with Crippen LogP contribution >= 0.6 is 0 Å². The molecule has 128 valence electrons. The van der Waals surface area contributed by atoms with E-state index in [0.717, 1.165) is 59.4 Å². The number of hydrogen-bond donors (Lipinski definition) is 1. The Morgan fingerprint density at radius 2 is 1.92 bits per heavy atom. The number of ether oxygens (including phenoxy) is 1. The normalized spacial score (nSPS) is 14.1. The second-order valence-electron chi connectivity index (χ2n) is 6.27. The Kier molecular flexibility index (Phi) is 4.18. The van der Waals surface area contributed by atoms with E-state index in [9.17, 15) is 5.11 Å². The van der Waals surface area contributed by atoms with E-state index in [1.165, 1.54) is 5.56 Å². The largest absolute Gasteiger partial charge is 0.507 e. The number of aryl methyl sites for hydroxylation is 2. The first-order chi connectivity index (χ1) is 12.3. The number of nitrogens with zero attached hydrogens (tertiary/aromatic N) is 1. The standard InChI is InChI=1S/C21H21NO3/c1-2-24-15-9-7-14(8-10-15)22-13-17-18(23)11-12-20-21(17)16-5-3-4-6-19(16)25-20/h7-13,23H,2-6H2,1H3. The van der Waals surface area contributed by atoms with Crippen LogP contribution in [0, 0.1) is 0 Å². The minimum absolute atomic E-state index is 0.233. The lowest BCUT2D eigenvalue weighted by molar-refractivity contribution is 0.340. The molecule has 0 aliphatic heterocycles. The molecule has 0 radical (unpaired) electrons. The Hall–Kier alpha value is -2.75. The van der Waals surface area contributed by atoms with Gasteiger partial charge in [0.05, 0.1) is 12.3 Å². The van der Waals surface area contributed by atoms with E-state index in [1.54, 1.807) is 12.3 Å². The summed E-state index contributed by atoms with van der Waals surface area (Å²) in [6.45, 7) is 2.60. The van der Waals surface area contributed by atoms with E-state index in [1.807, 2.05) is 37.3 Å². The quantitative estimate of drug-likeness (QED) is 0.669. The fraction of sp³-hybridized carbons (Fsp3) is 0.286. The van der Waals surface area contributed by atoms with Gasteiger partial charge in [0.15, 0.2) is 0 Å². The molecule has 0 saturated heterocycles. The second-order valence-corrected chi connectivity index (χ2v) is 6.27. The van der Waals surface area contributed by atoms with Gasteiger partial charge in [0.25, 0.3) is 0 Å². The molecule has 4 nitrogen and oxygen atoms in total. The third-order valence-corrected chi connectivity index (χ3v) is 4.63. The fourth-order valence-electron chi connectivity index (χ4n) is 3.44. The molecule has 1 aliphatic rings. The first-order valence-corrected chi connectivity index (χ1v) is 8.79. The lowest BCUT2D eigenvalue weighted by atomic mass is 9.94. The summed E-state index contributed by atoms with van der Waals surface area (Å²) < 4.78 is 11.4. The SMILES string of the molecule is CCOc1ccc(N=Cc2c(O)ccc3oc4c(c23)CCCC4)cc1. The molecule has 25 heavy (non-hydrogen) atoms. The molecule has 0 saturated carbocycles. The molecule has 1 aliphatic carbocycles. The highest BCUT2D eigenvalue weighted by Crippen LogP contribution is 2.36. The van der Waals surface area contributed by atoms with Crippen LogP contribution in [0.1, 0.15) is 36.7 Å². The van der Waals surface area contributed by atoms with Crippen molar-refractivity contribution < 1.29 is 14.3 Å². The van der Waals surface area contributed by atoms with Gasteiger partial charge in [-0.15, -0.1) is 0 Å². The monoisotopic (exact) mass is 335 g/mol. The van der Waals surface area contributed by atoms with Crippen molar-refractivity contribution in [1.29, 1.82) is 0 Å². The average molecular weight is 335 g/mol. The van der Waals surface area contributed by atoms with Crippen molar-refractivity contribution >= 4 is 22.9 Å². The van der Waals surface area contributed by atoms with Gasteiger partial charge >= 0.3 is 0 Å². The van der Waals surface area contributed by atoms with Gasteiger partial charge in [-0.1, -0.05) is 0 Å². The van der Waals surface area contributed by atoms with Crippen LogP contribution in [0.3, 0.4) is 0 Å². The second kappa shape index (κ2) is 6.63. The highest BCUT2D eigenvalue weighted by molar-refractivity contribution is 6.03. The smallest absolute Gasteiger partial charge is 0.135 e. The van der Waals surface area contributed by atoms with Crippen LogP contribution in [0.4, 0.5) is 5.69 Å². The molecule has 2 aromatic carbocycles. The van der Waals surface area contributed by atoms with Crippen molar-refractivity contribution in [3.05, 3.63) is 53.3 Å². The maximum Gasteiger partial charge on any atom is 0.135 e. The van der Waals surface area contributed by atoms with Crippen LogP contribution in [-0.4, -0.2) is 17.9 Å². The Morgan fingerprint density at radius 1 is 1.12 bits per heavy atom. The molecule has 0 spiro atoms. The number of furan rings is 1. The predicted octanol–water partition coefficient (Wildman–Crippen LogP) is 5.17. The van der Waals surface area contributed by atoms with Gasteiger partial charge in [-0.3, -0.25) is 4.99 Å². The van der Waals surface area contributed by atoms with Crippen molar-refractivity contribution in [1.82, 2.24) is 0 Å². The van der Waals surface area contributed by atoms with Crippen molar-refractivity contribution in [3.63, 3.8) is 0 Å². The summed E-state index contributed by atoms with van der Waals surface area (Å²) in [5.74, 6) is 2.12. The molecule has 0 unspecified atom stereocenters. The topological polar surface area (TPSA) is 55.0 Å². The minimum atomic E-state index is 0.233. The first kappa shape index (κ1) is 15.8. The molecule has 4 rings (SSSR count). The molecule has 0 atom stereocenters. The predicted molar refractivity (Wildman–Crippen MR) is 99.4 cm³/mol. The number of benzene rings is 2. The summed E-state index contributed by atoms with van der Waals surface area (Å²) in [6, 6.07) is 11.1. The van der Waals surface area contributed by atoms with Crippen molar-refractivity contribution in [3.8, 4) is 11.5 Å². The fourth-order valence-corrected chi connectivity index (χ4v) is 3.44. The lowest BCUT2D eigenvalue weighted by Gasteiger charge is -2.09. The summed E-state index contributed by atoms with van der Waals surface area (Å²) in [6.07, 6.45) is 6.02. The molecule has 0 bridgehead atoms. The van der Waals surface area contributed by atoms with Crippen LogP contribution in [0.5, 0.6) is 11.5 Å². The van der Waals surface area contributed by atoms with Crippen LogP contribution in [-0.2, 0) is 12.8 Å². The zero-order chi connectivity index (χ0) is 17.2. The van der Waals surface area contributed by atoms with Gasteiger partial charge in [-0.05, 0) is 62.6 Å². The van der Waals surface area contributed by atoms with Crippen LogP contribution < -0.4 is 4.74 Å².